The average molecular weight is 435 g/mol. The lowest BCUT2D eigenvalue weighted by Gasteiger charge is -2.13. The van der Waals surface area contributed by atoms with Crippen molar-refractivity contribution in [1.82, 2.24) is 34.7 Å². The molecule has 0 aliphatic heterocycles. The molecule has 4 aromatic rings. The molecule has 1 aromatic carbocycles. The zero-order chi connectivity index (χ0) is 22.7. The van der Waals surface area contributed by atoms with Gasteiger partial charge in [-0.15, -0.1) is 0 Å². The zero-order valence-electron chi connectivity index (χ0n) is 18.0. The van der Waals surface area contributed by atoms with E-state index in [0.29, 0.717) is 28.7 Å². The van der Waals surface area contributed by atoms with Gasteiger partial charge < -0.3 is 14.2 Å². The van der Waals surface area contributed by atoms with Crippen LogP contribution in [0.25, 0.3) is 16.9 Å². The Labute approximate surface area is 183 Å². The van der Waals surface area contributed by atoms with E-state index >= 15 is 0 Å². The summed E-state index contributed by atoms with van der Waals surface area (Å²) in [6.07, 6.45) is 1.58. The number of rotatable bonds is 7. The Morgan fingerprint density at radius 3 is 2.53 bits per heavy atom. The average Bonchev–Trinajstić information content (AvgIpc) is 3.15. The fourth-order valence-electron chi connectivity index (χ4n) is 3.11. The van der Waals surface area contributed by atoms with Crippen molar-refractivity contribution >= 4 is 0 Å². The molecule has 164 valence electrons. The van der Waals surface area contributed by atoms with E-state index < -0.39 is 0 Å². The summed E-state index contributed by atoms with van der Waals surface area (Å²) in [7, 11) is 4.54. The first-order chi connectivity index (χ1) is 15.5. The van der Waals surface area contributed by atoms with Crippen molar-refractivity contribution in [1.29, 1.82) is 0 Å². The molecule has 0 saturated carbocycles. The number of ether oxygens (including phenoxy) is 3. The fourth-order valence-corrected chi connectivity index (χ4v) is 3.11. The predicted octanol–water partition coefficient (Wildman–Crippen LogP) is 1.72. The predicted molar refractivity (Wildman–Crippen MR) is 114 cm³/mol. The Bertz CT molecular complexity index is 1320. The van der Waals surface area contributed by atoms with Crippen LogP contribution >= 0.6 is 0 Å². The van der Waals surface area contributed by atoms with Crippen molar-refractivity contribution in [3.8, 4) is 34.7 Å². The third-order valence-corrected chi connectivity index (χ3v) is 4.81. The lowest BCUT2D eigenvalue weighted by molar-refractivity contribution is 0.293. The summed E-state index contributed by atoms with van der Waals surface area (Å²) in [6.45, 7) is 2.12. The number of aryl methyl sites for hydroxylation is 2. The molecule has 0 fully saturated rings. The Morgan fingerprint density at radius 2 is 1.81 bits per heavy atom. The molecule has 3 heterocycles. The zero-order valence-corrected chi connectivity index (χ0v) is 18.0. The van der Waals surface area contributed by atoms with E-state index in [1.807, 2.05) is 25.1 Å². The first-order valence-corrected chi connectivity index (χ1v) is 9.65. The molecule has 0 bridgehead atoms. The molecule has 0 aliphatic rings. The smallest absolute Gasteiger partial charge is 0.368 e. The topological polar surface area (TPSA) is 119 Å². The van der Waals surface area contributed by atoms with Gasteiger partial charge in [0.1, 0.15) is 6.61 Å². The molecule has 0 unspecified atom stereocenters. The minimum Gasteiger partial charge on any atom is -0.480 e. The van der Waals surface area contributed by atoms with Gasteiger partial charge in [-0.05, 0) is 35.0 Å². The normalized spacial score (nSPS) is 10.8. The van der Waals surface area contributed by atoms with Crippen molar-refractivity contribution < 1.29 is 14.2 Å². The molecule has 0 radical (unpaired) electrons. The summed E-state index contributed by atoms with van der Waals surface area (Å²) in [5.74, 6) is 0.728. The SMILES string of the molecule is COc1ncc(-c2cccc(OCc3c(C)cccc3-n3nnn(C)c3=O)n2)c(OC)n1. The molecular weight excluding hydrogens is 414 g/mol. The molecule has 3 aromatic heterocycles. The van der Waals surface area contributed by atoms with E-state index in [1.165, 1.54) is 23.6 Å². The van der Waals surface area contributed by atoms with Gasteiger partial charge in [-0.25, -0.2) is 14.8 Å². The van der Waals surface area contributed by atoms with Crippen molar-refractivity contribution in [2.45, 2.75) is 13.5 Å². The maximum Gasteiger partial charge on any atom is 0.368 e. The van der Waals surface area contributed by atoms with Crippen LogP contribution < -0.4 is 19.9 Å². The second-order valence-electron chi connectivity index (χ2n) is 6.80. The molecule has 0 amide bonds. The number of aromatic nitrogens is 7. The third kappa shape index (κ3) is 4.00. The van der Waals surface area contributed by atoms with Crippen LogP contribution in [0, 0.1) is 6.92 Å². The maximum absolute atomic E-state index is 12.3. The van der Waals surface area contributed by atoms with Crippen molar-refractivity contribution in [2.75, 3.05) is 14.2 Å². The lowest BCUT2D eigenvalue weighted by atomic mass is 10.1. The standard InChI is InChI=1S/C21H21N7O4/c1-13-7-5-9-17(28-21(29)27(2)25-26-28)15(13)12-32-18-10-6-8-16(23-18)14-11-22-20(31-4)24-19(14)30-3/h5-11H,12H2,1-4H3. The number of benzene rings is 1. The van der Waals surface area contributed by atoms with Gasteiger partial charge in [0.2, 0.25) is 11.8 Å². The van der Waals surface area contributed by atoms with E-state index in [2.05, 4.69) is 25.4 Å². The summed E-state index contributed by atoms with van der Waals surface area (Å²) < 4.78 is 18.8. The minimum absolute atomic E-state index is 0.178. The van der Waals surface area contributed by atoms with Crippen LogP contribution in [-0.2, 0) is 13.7 Å². The number of hydrogen-bond acceptors (Lipinski definition) is 9. The van der Waals surface area contributed by atoms with Crippen LogP contribution in [0.5, 0.6) is 17.8 Å². The van der Waals surface area contributed by atoms with E-state index in [-0.39, 0.29) is 18.3 Å². The van der Waals surface area contributed by atoms with Gasteiger partial charge in [0.15, 0.2) is 0 Å². The number of tetrazole rings is 1. The molecule has 0 atom stereocenters. The largest absolute Gasteiger partial charge is 0.480 e. The number of hydrogen-bond donors (Lipinski definition) is 0. The van der Waals surface area contributed by atoms with E-state index in [4.69, 9.17) is 14.2 Å². The second kappa shape index (κ2) is 8.84. The Morgan fingerprint density at radius 1 is 1.00 bits per heavy atom. The lowest BCUT2D eigenvalue weighted by Crippen LogP contribution is -2.23. The highest BCUT2D eigenvalue weighted by molar-refractivity contribution is 5.64. The van der Waals surface area contributed by atoms with Gasteiger partial charge in [-0.3, -0.25) is 0 Å². The number of nitrogens with zero attached hydrogens (tertiary/aromatic N) is 7. The monoisotopic (exact) mass is 435 g/mol. The quantitative estimate of drug-likeness (QED) is 0.427. The first-order valence-electron chi connectivity index (χ1n) is 9.65. The molecular formula is C21H21N7O4. The second-order valence-corrected chi connectivity index (χ2v) is 6.80. The third-order valence-electron chi connectivity index (χ3n) is 4.81. The van der Waals surface area contributed by atoms with Crippen molar-refractivity contribution in [2.24, 2.45) is 7.05 Å². The highest BCUT2D eigenvalue weighted by Crippen LogP contribution is 2.29. The Hall–Kier alpha value is -4.28. The van der Waals surface area contributed by atoms with E-state index in [0.717, 1.165) is 11.1 Å². The fraction of sp³-hybridized carbons (Fsp3) is 0.238. The van der Waals surface area contributed by atoms with E-state index in [1.54, 1.807) is 31.4 Å². The van der Waals surface area contributed by atoms with Gasteiger partial charge in [0.25, 0.3) is 0 Å². The van der Waals surface area contributed by atoms with Gasteiger partial charge >= 0.3 is 11.7 Å². The summed E-state index contributed by atoms with van der Waals surface area (Å²) >= 11 is 0. The molecule has 32 heavy (non-hydrogen) atoms. The summed E-state index contributed by atoms with van der Waals surface area (Å²) in [6, 6.07) is 11.1. The molecule has 4 rings (SSSR count). The number of methoxy groups -OCH3 is 2. The highest BCUT2D eigenvalue weighted by Gasteiger charge is 2.15. The minimum atomic E-state index is -0.344. The van der Waals surface area contributed by atoms with Crippen LogP contribution in [0.3, 0.4) is 0 Å². The van der Waals surface area contributed by atoms with Crippen LogP contribution in [-0.4, -0.2) is 49.0 Å². The molecule has 0 spiro atoms. The van der Waals surface area contributed by atoms with Gasteiger partial charge in [-0.1, -0.05) is 18.2 Å². The highest BCUT2D eigenvalue weighted by atomic mass is 16.5. The van der Waals surface area contributed by atoms with Gasteiger partial charge in [-0.2, -0.15) is 14.3 Å². The molecule has 11 heteroatoms. The van der Waals surface area contributed by atoms with Gasteiger partial charge in [0.05, 0.1) is 31.2 Å². The molecule has 0 aliphatic carbocycles. The van der Waals surface area contributed by atoms with Crippen molar-refractivity contribution in [3.05, 3.63) is 64.2 Å². The summed E-state index contributed by atoms with van der Waals surface area (Å²) in [5.41, 5.74) is 3.18. The van der Waals surface area contributed by atoms with Crippen LogP contribution in [0.15, 0.2) is 47.4 Å². The maximum atomic E-state index is 12.3. The van der Waals surface area contributed by atoms with Crippen LogP contribution in [0.1, 0.15) is 11.1 Å². The Kier molecular flexibility index (Phi) is 5.79. The van der Waals surface area contributed by atoms with Crippen molar-refractivity contribution in [3.63, 3.8) is 0 Å². The van der Waals surface area contributed by atoms with Gasteiger partial charge in [0, 0.05) is 24.9 Å². The summed E-state index contributed by atoms with van der Waals surface area (Å²) in [4.78, 5) is 25.2. The van der Waals surface area contributed by atoms with Crippen LogP contribution in [0.4, 0.5) is 0 Å². The van der Waals surface area contributed by atoms with Crippen LogP contribution in [0.2, 0.25) is 0 Å². The summed E-state index contributed by atoms with van der Waals surface area (Å²) in [5, 5.41) is 7.72. The Balaban J connectivity index is 1.63. The molecule has 0 N–H and O–H groups in total. The number of pyridine rings is 1. The first kappa shape index (κ1) is 21.0. The molecule has 11 nitrogen and oxygen atoms in total. The molecule has 0 saturated heterocycles. The van der Waals surface area contributed by atoms with E-state index in [9.17, 15) is 4.79 Å².